The highest BCUT2D eigenvalue weighted by Crippen LogP contribution is 2.40. The van der Waals surface area contributed by atoms with Crippen LogP contribution in [0.3, 0.4) is 0 Å². The van der Waals surface area contributed by atoms with E-state index < -0.39 is 11.4 Å². The molecule has 1 fully saturated rings. The minimum absolute atomic E-state index is 0.128. The van der Waals surface area contributed by atoms with Crippen LogP contribution in [-0.4, -0.2) is 24.6 Å². The Morgan fingerprint density at radius 1 is 1.55 bits per heavy atom. The SMILES string of the molecule is CCNC(COc1ccc(C)c(F)c1)(C(N)=O)C1CC1. The summed E-state index contributed by atoms with van der Waals surface area (Å²) in [5.74, 6) is -0.107. The van der Waals surface area contributed by atoms with Gasteiger partial charge in [-0.3, -0.25) is 4.79 Å². The van der Waals surface area contributed by atoms with E-state index in [-0.39, 0.29) is 18.3 Å². The van der Waals surface area contributed by atoms with Crippen molar-refractivity contribution in [2.75, 3.05) is 13.2 Å². The number of ether oxygens (including phenoxy) is 1. The fourth-order valence-electron chi connectivity index (χ4n) is 2.42. The van der Waals surface area contributed by atoms with Gasteiger partial charge in [0.05, 0.1) is 0 Å². The van der Waals surface area contributed by atoms with Gasteiger partial charge in [-0.1, -0.05) is 13.0 Å². The van der Waals surface area contributed by atoms with Gasteiger partial charge in [0.1, 0.15) is 23.7 Å². The summed E-state index contributed by atoms with van der Waals surface area (Å²) in [5.41, 5.74) is 5.27. The van der Waals surface area contributed by atoms with Gasteiger partial charge in [0.15, 0.2) is 0 Å². The van der Waals surface area contributed by atoms with Crippen LogP contribution in [0.4, 0.5) is 4.39 Å². The molecule has 0 aromatic heterocycles. The van der Waals surface area contributed by atoms with Crippen LogP contribution in [-0.2, 0) is 4.79 Å². The fraction of sp³-hybridized carbons (Fsp3) is 0.533. The van der Waals surface area contributed by atoms with Crippen LogP contribution in [0.2, 0.25) is 0 Å². The number of carbonyl (C=O) groups excluding carboxylic acids is 1. The van der Waals surface area contributed by atoms with E-state index in [0.717, 1.165) is 12.8 Å². The standard InChI is InChI=1S/C15H21FN2O2/c1-3-18-15(14(17)19,11-5-6-11)9-20-12-7-4-10(2)13(16)8-12/h4,7-8,11,18H,3,5-6,9H2,1-2H3,(H2,17,19). The number of hydrogen-bond acceptors (Lipinski definition) is 3. The van der Waals surface area contributed by atoms with E-state index in [1.165, 1.54) is 6.07 Å². The zero-order valence-corrected chi connectivity index (χ0v) is 11.9. The van der Waals surface area contributed by atoms with Crippen molar-refractivity contribution in [3.63, 3.8) is 0 Å². The van der Waals surface area contributed by atoms with Gasteiger partial charge in [-0.05, 0) is 43.9 Å². The molecule has 1 amide bonds. The van der Waals surface area contributed by atoms with Crippen molar-refractivity contribution in [2.45, 2.75) is 32.2 Å². The number of primary amides is 1. The normalized spacial score (nSPS) is 17.6. The lowest BCUT2D eigenvalue weighted by Gasteiger charge is -2.31. The molecule has 0 radical (unpaired) electrons. The van der Waals surface area contributed by atoms with Crippen LogP contribution in [0.15, 0.2) is 18.2 Å². The number of amides is 1. The number of halogens is 1. The quantitative estimate of drug-likeness (QED) is 0.800. The number of aryl methyl sites for hydroxylation is 1. The predicted molar refractivity (Wildman–Crippen MR) is 75.0 cm³/mol. The van der Waals surface area contributed by atoms with E-state index in [1.54, 1.807) is 19.1 Å². The molecular formula is C15H21FN2O2. The fourth-order valence-corrected chi connectivity index (χ4v) is 2.42. The molecule has 0 aliphatic heterocycles. The highest BCUT2D eigenvalue weighted by atomic mass is 19.1. The molecule has 3 N–H and O–H groups in total. The number of benzene rings is 1. The lowest BCUT2D eigenvalue weighted by Crippen LogP contribution is -2.61. The van der Waals surface area contributed by atoms with Gasteiger partial charge in [0.2, 0.25) is 5.91 Å². The van der Waals surface area contributed by atoms with Crippen molar-refractivity contribution >= 4 is 5.91 Å². The van der Waals surface area contributed by atoms with Gasteiger partial charge >= 0.3 is 0 Å². The van der Waals surface area contributed by atoms with Crippen molar-refractivity contribution in [3.05, 3.63) is 29.6 Å². The summed E-state index contributed by atoms with van der Waals surface area (Å²) >= 11 is 0. The van der Waals surface area contributed by atoms with E-state index in [4.69, 9.17) is 10.5 Å². The molecule has 0 spiro atoms. The lowest BCUT2D eigenvalue weighted by atomic mass is 9.93. The Hall–Kier alpha value is -1.62. The topological polar surface area (TPSA) is 64.3 Å². The zero-order valence-electron chi connectivity index (χ0n) is 11.9. The number of nitrogens with one attached hydrogen (secondary N) is 1. The van der Waals surface area contributed by atoms with E-state index in [9.17, 15) is 9.18 Å². The number of hydrogen-bond donors (Lipinski definition) is 2. The summed E-state index contributed by atoms with van der Waals surface area (Å²) in [6.07, 6.45) is 1.92. The Labute approximate surface area is 118 Å². The second-order valence-electron chi connectivity index (χ2n) is 5.34. The summed E-state index contributed by atoms with van der Waals surface area (Å²) in [5, 5.41) is 3.16. The first-order valence-corrected chi connectivity index (χ1v) is 6.93. The van der Waals surface area contributed by atoms with E-state index in [0.29, 0.717) is 17.9 Å². The summed E-state index contributed by atoms with van der Waals surface area (Å²) in [6.45, 7) is 4.37. The first-order chi connectivity index (χ1) is 9.49. The van der Waals surface area contributed by atoms with Gasteiger partial charge in [-0.15, -0.1) is 0 Å². The minimum atomic E-state index is -0.851. The Morgan fingerprint density at radius 2 is 2.25 bits per heavy atom. The maximum atomic E-state index is 13.5. The van der Waals surface area contributed by atoms with Gasteiger partial charge < -0.3 is 15.8 Å². The van der Waals surface area contributed by atoms with Crippen LogP contribution in [0.5, 0.6) is 5.75 Å². The Morgan fingerprint density at radius 3 is 2.75 bits per heavy atom. The molecule has 2 rings (SSSR count). The Kier molecular flexibility index (Phi) is 4.28. The summed E-state index contributed by atoms with van der Waals surface area (Å²) in [4.78, 5) is 11.8. The van der Waals surface area contributed by atoms with Gasteiger partial charge in [0.25, 0.3) is 0 Å². The third-order valence-corrected chi connectivity index (χ3v) is 3.82. The van der Waals surface area contributed by atoms with Crippen molar-refractivity contribution < 1.29 is 13.9 Å². The van der Waals surface area contributed by atoms with Crippen LogP contribution < -0.4 is 15.8 Å². The molecule has 1 aliphatic rings. The molecule has 5 heteroatoms. The Balaban J connectivity index is 2.11. The van der Waals surface area contributed by atoms with Gasteiger partial charge in [-0.25, -0.2) is 4.39 Å². The maximum Gasteiger partial charge on any atom is 0.241 e. The second-order valence-corrected chi connectivity index (χ2v) is 5.34. The summed E-state index contributed by atoms with van der Waals surface area (Å²) < 4.78 is 19.1. The monoisotopic (exact) mass is 280 g/mol. The van der Waals surface area contributed by atoms with E-state index >= 15 is 0 Å². The highest BCUT2D eigenvalue weighted by molar-refractivity contribution is 5.85. The van der Waals surface area contributed by atoms with E-state index in [2.05, 4.69) is 5.32 Å². The molecule has 1 unspecified atom stereocenters. The third kappa shape index (κ3) is 2.93. The van der Waals surface area contributed by atoms with Gasteiger partial charge in [-0.2, -0.15) is 0 Å². The summed E-state index contributed by atoms with van der Waals surface area (Å²) in [6, 6.07) is 4.68. The molecule has 1 aromatic carbocycles. The largest absolute Gasteiger partial charge is 0.491 e. The molecule has 4 nitrogen and oxygen atoms in total. The molecule has 1 atom stereocenters. The van der Waals surface area contributed by atoms with Crippen LogP contribution in [0.25, 0.3) is 0 Å². The van der Waals surface area contributed by atoms with Crippen LogP contribution >= 0.6 is 0 Å². The van der Waals surface area contributed by atoms with Crippen molar-refractivity contribution in [1.82, 2.24) is 5.32 Å². The predicted octanol–water partition coefficient (Wildman–Crippen LogP) is 1.76. The molecular weight excluding hydrogens is 259 g/mol. The maximum absolute atomic E-state index is 13.5. The summed E-state index contributed by atoms with van der Waals surface area (Å²) in [7, 11) is 0. The smallest absolute Gasteiger partial charge is 0.241 e. The second kappa shape index (κ2) is 5.79. The molecule has 0 bridgehead atoms. The van der Waals surface area contributed by atoms with Crippen LogP contribution in [0, 0.1) is 18.7 Å². The number of carbonyl (C=O) groups is 1. The number of rotatable bonds is 7. The molecule has 0 heterocycles. The highest BCUT2D eigenvalue weighted by Gasteiger charge is 2.50. The average Bonchev–Trinajstić information content (AvgIpc) is 3.23. The molecule has 0 saturated heterocycles. The Bertz CT molecular complexity index is 503. The lowest BCUT2D eigenvalue weighted by molar-refractivity contribution is -0.126. The van der Waals surface area contributed by atoms with Crippen molar-refractivity contribution in [3.8, 4) is 5.75 Å². The first-order valence-electron chi connectivity index (χ1n) is 6.93. The molecule has 1 saturated carbocycles. The number of likely N-dealkylation sites (N-methyl/N-ethyl adjacent to an activating group) is 1. The molecule has 1 aliphatic carbocycles. The van der Waals surface area contributed by atoms with E-state index in [1.807, 2.05) is 6.92 Å². The molecule has 1 aromatic rings. The van der Waals surface area contributed by atoms with Crippen molar-refractivity contribution in [2.24, 2.45) is 11.7 Å². The molecule has 110 valence electrons. The first kappa shape index (κ1) is 14.8. The van der Waals surface area contributed by atoms with Gasteiger partial charge in [0, 0.05) is 6.07 Å². The third-order valence-electron chi connectivity index (χ3n) is 3.82. The molecule has 20 heavy (non-hydrogen) atoms. The van der Waals surface area contributed by atoms with Crippen molar-refractivity contribution in [1.29, 1.82) is 0 Å². The minimum Gasteiger partial charge on any atom is -0.491 e. The average molecular weight is 280 g/mol. The zero-order chi connectivity index (χ0) is 14.8. The van der Waals surface area contributed by atoms with Crippen LogP contribution in [0.1, 0.15) is 25.3 Å². The number of nitrogens with two attached hydrogens (primary N) is 1.